The minimum atomic E-state index is -0.172. The van der Waals surface area contributed by atoms with Crippen LogP contribution in [-0.2, 0) is 6.42 Å². The van der Waals surface area contributed by atoms with Crippen LogP contribution in [-0.4, -0.2) is 11.5 Å². The van der Waals surface area contributed by atoms with Crippen molar-refractivity contribution in [2.45, 2.75) is 32.7 Å². The van der Waals surface area contributed by atoms with Crippen molar-refractivity contribution in [1.29, 1.82) is 0 Å². The van der Waals surface area contributed by atoms with Gasteiger partial charge in [-0.2, -0.15) is 0 Å². The van der Waals surface area contributed by atoms with Crippen LogP contribution in [0, 0.1) is 11.7 Å². The summed E-state index contributed by atoms with van der Waals surface area (Å²) in [5.41, 5.74) is 3.56. The Bertz CT molecular complexity index is 571. The fourth-order valence-electron chi connectivity index (χ4n) is 2.96. The molecule has 0 aliphatic carbocycles. The number of aromatic amines is 1. The van der Waals surface area contributed by atoms with Crippen LogP contribution in [0.15, 0.2) is 18.2 Å². The number of aromatic nitrogens is 1. The summed E-state index contributed by atoms with van der Waals surface area (Å²) in [6, 6.07) is 5.43. The molecule has 0 saturated carbocycles. The number of rotatable bonds is 2. The first-order valence-electron chi connectivity index (χ1n) is 6.68. The van der Waals surface area contributed by atoms with Crippen LogP contribution < -0.4 is 5.32 Å². The molecule has 2 N–H and O–H groups in total. The van der Waals surface area contributed by atoms with Gasteiger partial charge in [-0.1, -0.05) is 13.8 Å². The number of nitrogens with one attached hydrogen (secondary N) is 2. The standard InChI is InChI=1S/C15H19FN2/c1-9(2)7-14-15-12(5-6-17-14)11-4-3-10(16)8-13(11)18-15/h3-4,8-9,14,17-18H,5-7H2,1-2H3. The van der Waals surface area contributed by atoms with E-state index in [-0.39, 0.29) is 5.82 Å². The van der Waals surface area contributed by atoms with Gasteiger partial charge in [0, 0.05) is 22.6 Å². The van der Waals surface area contributed by atoms with Crippen molar-refractivity contribution >= 4 is 10.9 Å². The quantitative estimate of drug-likeness (QED) is 0.833. The Morgan fingerprint density at radius 2 is 2.22 bits per heavy atom. The molecule has 1 aliphatic heterocycles. The first kappa shape index (κ1) is 11.7. The van der Waals surface area contributed by atoms with Gasteiger partial charge in [0.15, 0.2) is 0 Å². The predicted octanol–water partition coefficient (Wildman–Crippen LogP) is 3.54. The molecule has 0 saturated heterocycles. The largest absolute Gasteiger partial charge is 0.357 e. The van der Waals surface area contributed by atoms with Crippen molar-refractivity contribution < 1.29 is 4.39 Å². The van der Waals surface area contributed by atoms with Gasteiger partial charge in [0.25, 0.3) is 0 Å². The Balaban J connectivity index is 2.09. The molecule has 0 radical (unpaired) electrons. The van der Waals surface area contributed by atoms with Crippen molar-refractivity contribution in [3.05, 3.63) is 35.3 Å². The molecule has 0 amide bonds. The number of fused-ring (bicyclic) bond motifs is 3. The van der Waals surface area contributed by atoms with E-state index in [0.717, 1.165) is 24.9 Å². The lowest BCUT2D eigenvalue weighted by Gasteiger charge is -2.25. The Morgan fingerprint density at radius 3 is 3.00 bits per heavy atom. The van der Waals surface area contributed by atoms with Gasteiger partial charge in [0.05, 0.1) is 0 Å². The molecule has 18 heavy (non-hydrogen) atoms. The molecular weight excluding hydrogens is 227 g/mol. The van der Waals surface area contributed by atoms with Crippen LogP contribution in [0.2, 0.25) is 0 Å². The van der Waals surface area contributed by atoms with Crippen LogP contribution in [0.25, 0.3) is 10.9 Å². The maximum Gasteiger partial charge on any atom is 0.125 e. The average molecular weight is 246 g/mol. The number of halogens is 1. The molecule has 96 valence electrons. The van der Waals surface area contributed by atoms with Gasteiger partial charge in [-0.15, -0.1) is 0 Å². The van der Waals surface area contributed by atoms with Crippen molar-refractivity contribution in [2.24, 2.45) is 5.92 Å². The van der Waals surface area contributed by atoms with Crippen LogP contribution in [0.4, 0.5) is 4.39 Å². The number of H-pyrrole nitrogens is 1. The lowest BCUT2D eigenvalue weighted by molar-refractivity contribution is 0.409. The fourth-order valence-corrected chi connectivity index (χ4v) is 2.96. The fraction of sp³-hybridized carbons (Fsp3) is 0.467. The Labute approximate surface area is 107 Å². The zero-order chi connectivity index (χ0) is 12.7. The lowest BCUT2D eigenvalue weighted by Crippen LogP contribution is -2.30. The van der Waals surface area contributed by atoms with E-state index in [0.29, 0.717) is 12.0 Å². The molecule has 1 aromatic carbocycles. The number of hydrogen-bond donors (Lipinski definition) is 2. The summed E-state index contributed by atoms with van der Waals surface area (Å²) in [5.74, 6) is 0.478. The Kier molecular flexibility index (Phi) is 2.86. The van der Waals surface area contributed by atoms with Gasteiger partial charge in [-0.25, -0.2) is 4.39 Å². The molecule has 2 aromatic rings. The van der Waals surface area contributed by atoms with Crippen molar-refractivity contribution in [3.63, 3.8) is 0 Å². The van der Waals surface area contributed by atoms with Gasteiger partial charge in [-0.05, 0) is 49.1 Å². The monoisotopic (exact) mass is 246 g/mol. The molecule has 1 atom stereocenters. The van der Waals surface area contributed by atoms with Gasteiger partial charge in [-0.3, -0.25) is 0 Å². The second-order valence-corrected chi connectivity index (χ2v) is 5.59. The van der Waals surface area contributed by atoms with E-state index in [1.165, 1.54) is 16.6 Å². The third-order valence-electron chi connectivity index (χ3n) is 3.72. The van der Waals surface area contributed by atoms with Gasteiger partial charge in [0.1, 0.15) is 5.82 Å². The smallest absolute Gasteiger partial charge is 0.125 e. The zero-order valence-electron chi connectivity index (χ0n) is 10.9. The molecular formula is C15H19FN2. The highest BCUT2D eigenvalue weighted by atomic mass is 19.1. The van der Waals surface area contributed by atoms with E-state index >= 15 is 0 Å². The first-order chi connectivity index (χ1) is 8.65. The molecule has 1 aliphatic rings. The van der Waals surface area contributed by atoms with Crippen LogP contribution in [0.5, 0.6) is 0 Å². The van der Waals surface area contributed by atoms with Crippen molar-refractivity contribution in [2.75, 3.05) is 6.54 Å². The van der Waals surface area contributed by atoms with E-state index < -0.39 is 0 Å². The third kappa shape index (κ3) is 1.93. The molecule has 1 aromatic heterocycles. The minimum Gasteiger partial charge on any atom is -0.357 e. The summed E-state index contributed by atoms with van der Waals surface area (Å²) >= 11 is 0. The second kappa shape index (κ2) is 4.39. The summed E-state index contributed by atoms with van der Waals surface area (Å²) in [7, 11) is 0. The van der Waals surface area contributed by atoms with Crippen molar-refractivity contribution in [3.8, 4) is 0 Å². The molecule has 0 fully saturated rings. The summed E-state index contributed by atoms with van der Waals surface area (Å²) in [6.45, 7) is 5.48. The molecule has 2 heterocycles. The molecule has 0 spiro atoms. The lowest BCUT2D eigenvalue weighted by atomic mass is 9.93. The summed E-state index contributed by atoms with van der Waals surface area (Å²) < 4.78 is 13.3. The van der Waals surface area contributed by atoms with Crippen LogP contribution in [0.1, 0.15) is 37.6 Å². The highest BCUT2D eigenvalue weighted by Gasteiger charge is 2.24. The Morgan fingerprint density at radius 1 is 1.39 bits per heavy atom. The minimum absolute atomic E-state index is 0.172. The van der Waals surface area contributed by atoms with E-state index in [4.69, 9.17) is 0 Å². The van der Waals surface area contributed by atoms with E-state index in [1.54, 1.807) is 12.1 Å². The molecule has 1 unspecified atom stereocenters. The Hall–Kier alpha value is -1.35. The SMILES string of the molecule is CC(C)CC1NCCc2c1[nH]c1cc(F)ccc21. The molecule has 2 nitrogen and oxygen atoms in total. The van der Waals surface area contributed by atoms with E-state index in [1.807, 2.05) is 6.07 Å². The van der Waals surface area contributed by atoms with Gasteiger partial charge < -0.3 is 10.3 Å². The number of hydrogen-bond acceptors (Lipinski definition) is 1. The highest BCUT2D eigenvalue weighted by molar-refractivity contribution is 5.85. The normalized spacial score (nSPS) is 19.4. The average Bonchev–Trinajstić information content (AvgIpc) is 2.67. The maximum atomic E-state index is 13.3. The molecule has 3 heteroatoms. The van der Waals surface area contributed by atoms with Crippen LogP contribution in [0.3, 0.4) is 0 Å². The first-order valence-corrected chi connectivity index (χ1v) is 6.68. The van der Waals surface area contributed by atoms with Gasteiger partial charge in [0.2, 0.25) is 0 Å². The van der Waals surface area contributed by atoms with Crippen LogP contribution >= 0.6 is 0 Å². The number of benzene rings is 1. The zero-order valence-corrected chi connectivity index (χ0v) is 10.9. The maximum absolute atomic E-state index is 13.3. The van der Waals surface area contributed by atoms with Crippen molar-refractivity contribution in [1.82, 2.24) is 10.3 Å². The highest BCUT2D eigenvalue weighted by Crippen LogP contribution is 2.33. The summed E-state index contributed by atoms with van der Waals surface area (Å²) in [6.07, 6.45) is 2.14. The molecule has 3 rings (SSSR count). The second-order valence-electron chi connectivity index (χ2n) is 5.59. The topological polar surface area (TPSA) is 27.8 Å². The van der Waals surface area contributed by atoms with Gasteiger partial charge >= 0.3 is 0 Å². The third-order valence-corrected chi connectivity index (χ3v) is 3.72. The summed E-state index contributed by atoms with van der Waals surface area (Å²) in [4.78, 5) is 3.41. The van der Waals surface area contributed by atoms with E-state index in [2.05, 4.69) is 24.1 Å². The van der Waals surface area contributed by atoms with E-state index in [9.17, 15) is 4.39 Å². The predicted molar refractivity (Wildman–Crippen MR) is 72.2 cm³/mol. The summed E-state index contributed by atoms with van der Waals surface area (Å²) in [5, 5.41) is 4.74. The molecule has 0 bridgehead atoms.